The summed E-state index contributed by atoms with van der Waals surface area (Å²) in [6.07, 6.45) is 3.33. The minimum absolute atomic E-state index is 0.0755. The molecule has 96 valence electrons. The van der Waals surface area contributed by atoms with E-state index in [-0.39, 0.29) is 11.9 Å². The van der Waals surface area contributed by atoms with Crippen LogP contribution in [0.1, 0.15) is 32.6 Å². The van der Waals surface area contributed by atoms with Crippen LogP contribution in [-0.2, 0) is 11.8 Å². The molecule has 1 heterocycles. The van der Waals surface area contributed by atoms with Gasteiger partial charge in [0, 0.05) is 6.42 Å². The first kappa shape index (κ1) is 13.6. The van der Waals surface area contributed by atoms with E-state index < -0.39 is 0 Å². The van der Waals surface area contributed by atoms with Gasteiger partial charge in [0.2, 0.25) is 5.91 Å². The number of nitrogens with two attached hydrogens (primary N) is 1. The number of hydrogen-bond donors (Lipinski definition) is 2. The Kier molecular flexibility index (Phi) is 5.55. The molecule has 1 aromatic rings. The van der Waals surface area contributed by atoms with Gasteiger partial charge in [0.05, 0.1) is 7.05 Å². The summed E-state index contributed by atoms with van der Waals surface area (Å²) in [7, 11) is 1.65. The van der Waals surface area contributed by atoms with E-state index in [9.17, 15) is 4.79 Å². The predicted molar refractivity (Wildman–Crippen MR) is 64.1 cm³/mol. The van der Waals surface area contributed by atoms with Crippen molar-refractivity contribution in [2.45, 2.75) is 32.6 Å². The lowest BCUT2D eigenvalue weighted by Gasteiger charge is -2.12. The molecular weight excluding hydrogens is 220 g/mol. The second-order valence-electron chi connectivity index (χ2n) is 4.04. The van der Waals surface area contributed by atoms with Gasteiger partial charge in [-0.1, -0.05) is 18.4 Å². The number of rotatable bonds is 7. The highest BCUT2D eigenvalue weighted by molar-refractivity contribution is 5.88. The highest BCUT2D eigenvalue weighted by Gasteiger charge is 2.10. The van der Waals surface area contributed by atoms with Crippen molar-refractivity contribution in [2.75, 3.05) is 11.9 Å². The summed E-state index contributed by atoms with van der Waals surface area (Å²) in [6, 6.07) is 0. The summed E-state index contributed by atoms with van der Waals surface area (Å²) in [4.78, 5) is 12.9. The third kappa shape index (κ3) is 4.90. The fourth-order valence-corrected chi connectivity index (χ4v) is 1.64. The average molecular weight is 240 g/mol. The minimum atomic E-state index is -0.0755. The molecule has 0 aromatic carbocycles. The van der Waals surface area contributed by atoms with E-state index in [1.165, 1.54) is 4.80 Å². The van der Waals surface area contributed by atoms with Crippen LogP contribution in [0.3, 0.4) is 0 Å². The Morgan fingerprint density at radius 3 is 2.82 bits per heavy atom. The number of carbonyl (C=O) groups is 1. The fourth-order valence-electron chi connectivity index (χ4n) is 1.64. The van der Waals surface area contributed by atoms with Gasteiger partial charge in [0.1, 0.15) is 0 Å². The molecule has 1 unspecified atom stereocenters. The number of carbonyl (C=O) groups excluding carboxylic acids is 1. The van der Waals surface area contributed by atoms with Crippen molar-refractivity contribution in [1.82, 2.24) is 20.2 Å². The normalized spacial score (nSPS) is 12.4. The zero-order chi connectivity index (χ0) is 12.7. The van der Waals surface area contributed by atoms with Crippen molar-refractivity contribution in [1.29, 1.82) is 0 Å². The number of anilines is 1. The second-order valence-corrected chi connectivity index (χ2v) is 4.04. The van der Waals surface area contributed by atoms with Crippen molar-refractivity contribution in [3.8, 4) is 0 Å². The van der Waals surface area contributed by atoms with Crippen LogP contribution in [0.25, 0.3) is 0 Å². The number of tetrazole rings is 1. The van der Waals surface area contributed by atoms with Crippen LogP contribution in [0, 0.1) is 5.92 Å². The van der Waals surface area contributed by atoms with Gasteiger partial charge in [-0.25, -0.2) is 0 Å². The molecule has 7 nitrogen and oxygen atoms in total. The van der Waals surface area contributed by atoms with Gasteiger partial charge < -0.3 is 5.73 Å². The molecule has 0 spiro atoms. The highest BCUT2D eigenvalue weighted by atomic mass is 16.1. The molecule has 0 aliphatic carbocycles. The van der Waals surface area contributed by atoms with E-state index >= 15 is 0 Å². The summed E-state index contributed by atoms with van der Waals surface area (Å²) >= 11 is 0. The lowest BCUT2D eigenvalue weighted by molar-refractivity contribution is -0.116. The van der Waals surface area contributed by atoms with Crippen molar-refractivity contribution in [3.63, 3.8) is 0 Å². The summed E-state index contributed by atoms with van der Waals surface area (Å²) in [5, 5.41) is 13.8. The number of nitrogens with zero attached hydrogens (tertiary/aromatic N) is 4. The molecule has 0 fully saturated rings. The van der Waals surface area contributed by atoms with Gasteiger partial charge >= 0.3 is 0 Å². The third-order valence-electron chi connectivity index (χ3n) is 2.69. The third-order valence-corrected chi connectivity index (χ3v) is 2.69. The van der Waals surface area contributed by atoms with Crippen molar-refractivity contribution < 1.29 is 4.79 Å². The molecule has 0 aliphatic rings. The zero-order valence-corrected chi connectivity index (χ0v) is 10.4. The van der Waals surface area contributed by atoms with E-state index in [0.717, 1.165) is 19.3 Å². The van der Waals surface area contributed by atoms with Gasteiger partial charge in [-0.2, -0.15) is 4.80 Å². The lowest BCUT2D eigenvalue weighted by atomic mass is 9.96. The zero-order valence-electron chi connectivity index (χ0n) is 10.4. The van der Waals surface area contributed by atoms with E-state index in [1.54, 1.807) is 7.05 Å². The summed E-state index contributed by atoms with van der Waals surface area (Å²) in [5.74, 6) is 0.693. The maximum Gasteiger partial charge on any atom is 0.270 e. The van der Waals surface area contributed by atoms with Crippen molar-refractivity contribution >= 4 is 11.9 Å². The Bertz CT molecular complexity index is 350. The van der Waals surface area contributed by atoms with Crippen LogP contribution >= 0.6 is 0 Å². The summed E-state index contributed by atoms with van der Waals surface area (Å²) in [6.45, 7) is 2.79. The van der Waals surface area contributed by atoms with Gasteiger partial charge in [0.15, 0.2) is 0 Å². The molecule has 0 saturated carbocycles. The van der Waals surface area contributed by atoms with Crippen LogP contribution in [0.5, 0.6) is 0 Å². The Morgan fingerprint density at radius 1 is 1.53 bits per heavy atom. The fraction of sp³-hybridized carbons (Fsp3) is 0.800. The molecule has 3 N–H and O–H groups in total. The second kappa shape index (κ2) is 6.95. The van der Waals surface area contributed by atoms with Crippen LogP contribution in [0.4, 0.5) is 5.95 Å². The minimum Gasteiger partial charge on any atom is -0.330 e. The van der Waals surface area contributed by atoms with Crippen LogP contribution < -0.4 is 11.1 Å². The van der Waals surface area contributed by atoms with Crippen molar-refractivity contribution in [2.24, 2.45) is 18.7 Å². The molecule has 0 saturated heterocycles. The smallest absolute Gasteiger partial charge is 0.270 e. The molecule has 1 atom stereocenters. The molecule has 17 heavy (non-hydrogen) atoms. The SMILES string of the molecule is CCC(CCN)CCC(=O)Nc1nnn(C)n1. The predicted octanol–water partition coefficient (Wildman–Crippen LogP) is 0.304. The maximum absolute atomic E-state index is 11.6. The molecular formula is C10H20N6O. The molecule has 1 rings (SSSR count). The molecule has 0 bridgehead atoms. The largest absolute Gasteiger partial charge is 0.330 e. The van der Waals surface area contributed by atoms with E-state index in [4.69, 9.17) is 5.73 Å². The van der Waals surface area contributed by atoms with Gasteiger partial charge in [-0.15, -0.1) is 5.10 Å². The Hall–Kier alpha value is -1.50. The topological polar surface area (TPSA) is 98.7 Å². The monoisotopic (exact) mass is 240 g/mol. The Labute approximate surface area is 101 Å². The van der Waals surface area contributed by atoms with Gasteiger partial charge in [0.25, 0.3) is 5.95 Å². The first-order valence-electron chi connectivity index (χ1n) is 5.89. The molecule has 0 aliphatic heterocycles. The number of hydrogen-bond acceptors (Lipinski definition) is 5. The van der Waals surface area contributed by atoms with Gasteiger partial charge in [-0.3, -0.25) is 10.1 Å². The number of aromatic nitrogens is 4. The molecule has 0 radical (unpaired) electrons. The standard InChI is InChI=1S/C10H20N6O/c1-3-8(6-7-11)4-5-9(17)12-10-13-15-16(2)14-10/h8H,3-7,11H2,1-2H3,(H,12,14,17). The highest BCUT2D eigenvalue weighted by Crippen LogP contribution is 2.14. The van der Waals surface area contributed by atoms with E-state index in [0.29, 0.717) is 18.9 Å². The number of nitrogens with one attached hydrogen (secondary N) is 1. The van der Waals surface area contributed by atoms with Crippen LogP contribution in [0.15, 0.2) is 0 Å². The van der Waals surface area contributed by atoms with E-state index in [2.05, 4.69) is 27.7 Å². The quantitative estimate of drug-likeness (QED) is 0.714. The van der Waals surface area contributed by atoms with E-state index in [1.807, 2.05) is 0 Å². The summed E-state index contributed by atoms with van der Waals surface area (Å²) < 4.78 is 0. The first-order valence-corrected chi connectivity index (χ1v) is 5.89. The molecule has 1 amide bonds. The summed E-state index contributed by atoms with van der Waals surface area (Å²) in [5.41, 5.74) is 5.51. The molecule has 1 aromatic heterocycles. The Morgan fingerprint density at radius 2 is 2.29 bits per heavy atom. The molecule has 7 heteroatoms. The van der Waals surface area contributed by atoms with Crippen molar-refractivity contribution in [3.05, 3.63) is 0 Å². The first-order chi connectivity index (χ1) is 8.15. The number of amides is 1. The lowest BCUT2D eigenvalue weighted by Crippen LogP contribution is -2.15. The van der Waals surface area contributed by atoms with Crippen LogP contribution in [0.2, 0.25) is 0 Å². The number of aryl methyl sites for hydroxylation is 1. The Balaban J connectivity index is 2.29. The van der Waals surface area contributed by atoms with Gasteiger partial charge in [-0.05, 0) is 30.5 Å². The maximum atomic E-state index is 11.6. The average Bonchev–Trinajstić information content (AvgIpc) is 2.70. The van der Waals surface area contributed by atoms with Crippen LogP contribution in [-0.4, -0.2) is 32.7 Å².